The number of rotatable bonds is 5. The van der Waals surface area contributed by atoms with Crippen LogP contribution in [-0.2, 0) is 27.7 Å². The van der Waals surface area contributed by atoms with Gasteiger partial charge in [0.25, 0.3) is 5.91 Å². The van der Waals surface area contributed by atoms with Gasteiger partial charge in [-0.05, 0) is 53.3 Å². The van der Waals surface area contributed by atoms with Gasteiger partial charge in [0, 0.05) is 18.8 Å². The number of ether oxygens (including phenoxy) is 1. The van der Waals surface area contributed by atoms with Gasteiger partial charge in [-0.2, -0.15) is 4.31 Å². The molecule has 1 aliphatic rings. The largest absolute Gasteiger partial charge is 0.465 e. The van der Waals surface area contributed by atoms with Crippen molar-refractivity contribution in [2.75, 3.05) is 19.0 Å². The summed E-state index contributed by atoms with van der Waals surface area (Å²) in [6.45, 7) is 0.648. The monoisotopic (exact) mass is 456 g/mol. The number of thiophene rings is 1. The fourth-order valence-electron chi connectivity index (χ4n) is 3.48. The molecule has 0 aliphatic carbocycles. The molecule has 0 saturated carbocycles. The van der Waals surface area contributed by atoms with E-state index in [-0.39, 0.29) is 16.3 Å². The van der Waals surface area contributed by atoms with Crippen LogP contribution in [0.25, 0.3) is 0 Å². The summed E-state index contributed by atoms with van der Waals surface area (Å²) >= 11 is 1.07. The molecule has 31 heavy (non-hydrogen) atoms. The summed E-state index contributed by atoms with van der Waals surface area (Å²) in [5.74, 6) is -0.996. The third-order valence-electron chi connectivity index (χ3n) is 5.11. The van der Waals surface area contributed by atoms with Crippen molar-refractivity contribution in [3.05, 3.63) is 81.5 Å². The molecule has 0 unspecified atom stereocenters. The number of amides is 1. The number of benzene rings is 2. The van der Waals surface area contributed by atoms with E-state index in [1.807, 2.05) is 24.3 Å². The first-order chi connectivity index (χ1) is 14.9. The van der Waals surface area contributed by atoms with E-state index in [4.69, 9.17) is 0 Å². The van der Waals surface area contributed by atoms with Crippen molar-refractivity contribution in [2.24, 2.45) is 0 Å². The molecule has 2 aromatic carbocycles. The number of carbonyl (C=O) groups is 2. The molecule has 0 atom stereocenters. The van der Waals surface area contributed by atoms with Crippen LogP contribution in [0.3, 0.4) is 0 Å². The highest BCUT2D eigenvalue weighted by atomic mass is 32.2. The second-order valence-electron chi connectivity index (χ2n) is 6.99. The van der Waals surface area contributed by atoms with E-state index in [2.05, 4.69) is 10.1 Å². The average molecular weight is 457 g/mol. The number of nitrogens with zero attached hydrogens (tertiary/aromatic N) is 1. The molecule has 160 valence electrons. The lowest BCUT2D eigenvalue weighted by Gasteiger charge is -2.28. The molecular weight excluding hydrogens is 436 g/mol. The van der Waals surface area contributed by atoms with Gasteiger partial charge in [-0.25, -0.2) is 13.2 Å². The van der Waals surface area contributed by atoms with Gasteiger partial charge < -0.3 is 10.1 Å². The van der Waals surface area contributed by atoms with Gasteiger partial charge in [0.1, 0.15) is 9.77 Å². The van der Waals surface area contributed by atoms with Crippen molar-refractivity contribution in [3.63, 3.8) is 0 Å². The van der Waals surface area contributed by atoms with Crippen molar-refractivity contribution in [1.29, 1.82) is 0 Å². The van der Waals surface area contributed by atoms with Crippen LogP contribution in [0, 0.1) is 0 Å². The van der Waals surface area contributed by atoms with Crippen LogP contribution in [0.2, 0.25) is 0 Å². The zero-order valence-electron chi connectivity index (χ0n) is 16.7. The van der Waals surface area contributed by atoms with Crippen molar-refractivity contribution in [2.45, 2.75) is 17.9 Å². The number of carbonyl (C=O) groups excluding carboxylic acids is 2. The number of methoxy groups -OCH3 is 1. The minimum atomic E-state index is -3.83. The molecule has 1 N–H and O–H groups in total. The van der Waals surface area contributed by atoms with Crippen LogP contribution in [0.1, 0.15) is 31.2 Å². The molecule has 1 aliphatic heterocycles. The first kappa shape index (κ1) is 21.2. The maximum atomic E-state index is 13.3. The maximum Gasteiger partial charge on any atom is 0.337 e. The molecule has 1 aromatic heterocycles. The van der Waals surface area contributed by atoms with Crippen LogP contribution in [0.15, 0.2) is 64.9 Å². The van der Waals surface area contributed by atoms with E-state index in [1.54, 1.807) is 17.5 Å². The Bertz CT molecular complexity index is 1230. The number of hydrogen-bond acceptors (Lipinski definition) is 6. The molecule has 2 heterocycles. The van der Waals surface area contributed by atoms with Gasteiger partial charge >= 0.3 is 5.97 Å². The predicted octanol–water partition coefficient (Wildman–Crippen LogP) is 3.53. The summed E-state index contributed by atoms with van der Waals surface area (Å²) in [5.41, 5.74) is 2.92. The topological polar surface area (TPSA) is 92.8 Å². The fraction of sp³-hybridized carbons (Fsp3) is 0.182. The van der Waals surface area contributed by atoms with Crippen molar-refractivity contribution in [3.8, 4) is 0 Å². The smallest absolute Gasteiger partial charge is 0.337 e. The molecule has 1 amide bonds. The van der Waals surface area contributed by atoms with Crippen LogP contribution in [0.4, 0.5) is 5.69 Å². The number of sulfonamides is 1. The van der Waals surface area contributed by atoms with Gasteiger partial charge in [0.2, 0.25) is 10.0 Å². The highest BCUT2D eigenvalue weighted by Crippen LogP contribution is 2.30. The van der Waals surface area contributed by atoms with Gasteiger partial charge in [-0.15, -0.1) is 11.3 Å². The highest BCUT2D eigenvalue weighted by Gasteiger charge is 2.32. The molecule has 0 saturated heterocycles. The third-order valence-corrected chi connectivity index (χ3v) is 8.04. The summed E-state index contributed by atoms with van der Waals surface area (Å²) in [6.07, 6.45) is 0.633. The summed E-state index contributed by atoms with van der Waals surface area (Å²) in [6, 6.07) is 15.4. The molecule has 0 bridgehead atoms. The van der Waals surface area contributed by atoms with Gasteiger partial charge in [0.05, 0.1) is 12.7 Å². The number of hydrogen-bond donors (Lipinski definition) is 1. The number of anilines is 1. The van der Waals surface area contributed by atoms with Crippen LogP contribution >= 0.6 is 11.3 Å². The summed E-state index contributed by atoms with van der Waals surface area (Å²) < 4.78 is 32.6. The normalized spacial score (nSPS) is 14.0. The summed E-state index contributed by atoms with van der Waals surface area (Å²) in [4.78, 5) is 24.5. The Balaban J connectivity index is 1.54. The molecule has 4 rings (SSSR count). The van der Waals surface area contributed by atoms with Gasteiger partial charge in [0.15, 0.2) is 0 Å². The Hall–Kier alpha value is -3.01. The number of nitrogens with one attached hydrogen (secondary N) is 1. The van der Waals surface area contributed by atoms with Gasteiger partial charge in [-0.3, -0.25) is 4.79 Å². The van der Waals surface area contributed by atoms with Crippen molar-refractivity contribution in [1.82, 2.24) is 4.31 Å². The van der Waals surface area contributed by atoms with E-state index < -0.39 is 21.9 Å². The number of fused-ring (bicyclic) bond motifs is 1. The molecule has 0 spiro atoms. The summed E-state index contributed by atoms with van der Waals surface area (Å²) in [7, 11) is -2.54. The zero-order valence-corrected chi connectivity index (χ0v) is 18.3. The first-order valence-corrected chi connectivity index (χ1v) is 11.9. The molecule has 9 heteroatoms. The van der Waals surface area contributed by atoms with Crippen molar-refractivity contribution >= 4 is 38.9 Å². The van der Waals surface area contributed by atoms with E-state index in [0.29, 0.717) is 24.2 Å². The zero-order chi connectivity index (χ0) is 22.0. The fourth-order valence-corrected chi connectivity index (χ4v) is 6.19. The Morgan fingerprint density at radius 3 is 2.45 bits per heavy atom. The van der Waals surface area contributed by atoms with Crippen LogP contribution < -0.4 is 5.32 Å². The molecule has 0 radical (unpaired) electrons. The third kappa shape index (κ3) is 4.25. The summed E-state index contributed by atoms with van der Waals surface area (Å²) in [5, 5.41) is 4.29. The predicted molar refractivity (Wildman–Crippen MR) is 118 cm³/mol. The van der Waals surface area contributed by atoms with Crippen LogP contribution in [-0.4, -0.2) is 38.3 Å². The minimum absolute atomic E-state index is 0.000520. The van der Waals surface area contributed by atoms with Crippen molar-refractivity contribution < 1.29 is 22.7 Å². The second kappa shape index (κ2) is 8.62. The van der Waals surface area contributed by atoms with Crippen LogP contribution in [0.5, 0.6) is 0 Å². The average Bonchev–Trinajstić information content (AvgIpc) is 3.30. The molecular formula is C22H20N2O5S2. The quantitative estimate of drug-likeness (QED) is 0.593. The lowest BCUT2D eigenvalue weighted by atomic mass is 10.0. The standard InChI is InChI=1S/C22H20N2O5S2/c1-29-22(26)16-6-8-18(9-7-16)23-21(25)20-19(11-13-30-20)31(27,28)24-12-10-15-4-2-3-5-17(15)14-24/h2-9,11,13H,10,12,14H2,1H3,(H,23,25). The number of esters is 1. The van der Waals surface area contributed by atoms with E-state index in [0.717, 1.165) is 22.5 Å². The minimum Gasteiger partial charge on any atom is -0.465 e. The Morgan fingerprint density at radius 1 is 1.03 bits per heavy atom. The SMILES string of the molecule is COC(=O)c1ccc(NC(=O)c2sccc2S(=O)(=O)N2CCc3ccccc3C2)cc1. The van der Waals surface area contributed by atoms with E-state index in [1.165, 1.54) is 29.6 Å². The van der Waals surface area contributed by atoms with E-state index >= 15 is 0 Å². The van der Waals surface area contributed by atoms with E-state index in [9.17, 15) is 18.0 Å². The maximum absolute atomic E-state index is 13.3. The molecule has 7 nitrogen and oxygen atoms in total. The second-order valence-corrected chi connectivity index (χ2v) is 9.82. The Labute approximate surface area is 184 Å². The molecule has 0 fully saturated rings. The lowest BCUT2D eigenvalue weighted by Crippen LogP contribution is -2.36. The lowest BCUT2D eigenvalue weighted by molar-refractivity contribution is 0.0600. The highest BCUT2D eigenvalue weighted by molar-refractivity contribution is 7.89. The first-order valence-electron chi connectivity index (χ1n) is 9.54. The van der Waals surface area contributed by atoms with Gasteiger partial charge in [-0.1, -0.05) is 24.3 Å². The molecule has 3 aromatic rings. The Morgan fingerprint density at radius 2 is 1.74 bits per heavy atom. The Kier molecular flexibility index (Phi) is 5.90.